The molecular weight excluding hydrogens is 368 g/mol. The lowest BCUT2D eigenvalue weighted by Gasteiger charge is -2.36. The Balaban J connectivity index is 1.82. The SMILES string of the molecule is COc1ccccc1NC(=O)c1cnc([C@@H]2CCCCN2C(=O)C(C)C)nc1C. The molecule has 7 nitrogen and oxygen atoms in total. The zero-order chi connectivity index (χ0) is 21.0. The lowest BCUT2D eigenvalue weighted by atomic mass is 9.99. The number of hydrogen-bond donors (Lipinski definition) is 1. The number of likely N-dealkylation sites (tertiary alicyclic amines) is 1. The number of piperidine rings is 1. The molecule has 0 radical (unpaired) electrons. The van der Waals surface area contributed by atoms with Crippen LogP contribution in [0.5, 0.6) is 5.75 Å². The highest BCUT2D eigenvalue weighted by Crippen LogP contribution is 2.30. The Bertz CT molecular complexity index is 897. The fourth-order valence-corrected chi connectivity index (χ4v) is 3.60. The number of benzene rings is 1. The molecule has 2 aromatic rings. The number of aromatic nitrogens is 2. The summed E-state index contributed by atoms with van der Waals surface area (Å²) in [7, 11) is 1.56. The summed E-state index contributed by atoms with van der Waals surface area (Å²) >= 11 is 0. The van der Waals surface area contributed by atoms with Gasteiger partial charge in [0.05, 0.1) is 30.1 Å². The molecule has 1 aliphatic heterocycles. The summed E-state index contributed by atoms with van der Waals surface area (Å²) in [6.45, 7) is 6.33. The zero-order valence-corrected chi connectivity index (χ0v) is 17.4. The minimum atomic E-state index is -0.294. The predicted molar refractivity (Wildman–Crippen MR) is 111 cm³/mol. The normalized spacial score (nSPS) is 16.6. The van der Waals surface area contributed by atoms with E-state index in [2.05, 4.69) is 15.3 Å². The molecule has 1 saturated heterocycles. The lowest BCUT2D eigenvalue weighted by Crippen LogP contribution is -2.41. The third-order valence-corrected chi connectivity index (χ3v) is 5.18. The number of nitrogens with one attached hydrogen (secondary N) is 1. The standard InChI is InChI=1S/C22H28N4O3/c1-14(2)22(28)26-12-8-7-10-18(26)20-23-13-16(15(3)24-20)21(27)25-17-9-5-6-11-19(17)29-4/h5-6,9,11,13-14,18H,7-8,10,12H2,1-4H3,(H,25,27)/t18-/m0/s1. The number of carbonyl (C=O) groups is 2. The maximum absolute atomic E-state index is 12.7. The van der Waals surface area contributed by atoms with Gasteiger partial charge in [-0.15, -0.1) is 0 Å². The van der Waals surface area contributed by atoms with Crippen molar-refractivity contribution in [2.75, 3.05) is 19.0 Å². The number of methoxy groups -OCH3 is 1. The molecule has 154 valence electrons. The van der Waals surface area contributed by atoms with Crippen molar-refractivity contribution in [3.05, 3.63) is 47.5 Å². The Hall–Kier alpha value is -2.96. The monoisotopic (exact) mass is 396 g/mol. The summed E-state index contributed by atoms with van der Waals surface area (Å²) in [6.07, 6.45) is 4.41. The number of nitrogens with zero attached hydrogens (tertiary/aromatic N) is 3. The van der Waals surface area contributed by atoms with Crippen molar-refractivity contribution in [2.24, 2.45) is 5.92 Å². The number of hydrogen-bond acceptors (Lipinski definition) is 5. The lowest BCUT2D eigenvalue weighted by molar-refractivity contribution is -0.138. The van der Waals surface area contributed by atoms with Crippen molar-refractivity contribution >= 4 is 17.5 Å². The van der Waals surface area contributed by atoms with Gasteiger partial charge in [-0.1, -0.05) is 26.0 Å². The number of para-hydroxylation sites is 2. The van der Waals surface area contributed by atoms with Crippen LogP contribution in [0.2, 0.25) is 0 Å². The second-order valence-electron chi connectivity index (χ2n) is 7.58. The van der Waals surface area contributed by atoms with E-state index in [1.165, 1.54) is 0 Å². The molecule has 1 atom stereocenters. The summed E-state index contributed by atoms with van der Waals surface area (Å²) in [4.78, 5) is 36.3. The zero-order valence-electron chi connectivity index (χ0n) is 17.4. The highest BCUT2D eigenvalue weighted by atomic mass is 16.5. The minimum absolute atomic E-state index is 0.0670. The molecule has 0 bridgehead atoms. The van der Waals surface area contributed by atoms with Gasteiger partial charge in [-0.05, 0) is 38.3 Å². The van der Waals surface area contributed by atoms with E-state index in [1.807, 2.05) is 30.9 Å². The van der Waals surface area contributed by atoms with Crippen LogP contribution in [-0.2, 0) is 4.79 Å². The molecule has 1 aromatic carbocycles. The Morgan fingerprint density at radius 1 is 1.24 bits per heavy atom. The quantitative estimate of drug-likeness (QED) is 0.832. The minimum Gasteiger partial charge on any atom is -0.495 e. The molecule has 1 fully saturated rings. The highest BCUT2D eigenvalue weighted by molar-refractivity contribution is 6.05. The van der Waals surface area contributed by atoms with Gasteiger partial charge in [-0.3, -0.25) is 9.59 Å². The first kappa shape index (κ1) is 20.8. The highest BCUT2D eigenvalue weighted by Gasteiger charge is 2.31. The van der Waals surface area contributed by atoms with Gasteiger partial charge >= 0.3 is 0 Å². The van der Waals surface area contributed by atoms with Crippen LogP contribution in [-0.4, -0.2) is 40.3 Å². The van der Waals surface area contributed by atoms with Crippen LogP contribution in [0, 0.1) is 12.8 Å². The first-order chi connectivity index (χ1) is 13.9. The second kappa shape index (κ2) is 9.03. The topological polar surface area (TPSA) is 84.4 Å². The summed E-state index contributed by atoms with van der Waals surface area (Å²) in [5, 5.41) is 2.85. The van der Waals surface area contributed by atoms with E-state index in [0.717, 1.165) is 25.8 Å². The van der Waals surface area contributed by atoms with Crippen LogP contribution in [0.15, 0.2) is 30.5 Å². The smallest absolute Gasteiger partial charge is 0.259 e. The average molecular weight is 396 g/mol. The van der Waals surface area contributed by atoms with Gasteiger partial charge in [-0.2, -0.15) is 0 Å². The summed E-state index contributed by atoms with van der Waals surface area (Å²) in [5.74, 6) is 0.944. The Morgan fingerprint density at radius 2 is 2.00 bits per heavy atom. The molecule has 7 heteroatoms. The summed E-state index contributed by atoms with van der Waals surface area (Å²) in [6, 6.07) is 7.09. The molecule has 0 aliphatic carbocycles. The van der Waals surface area contributed by atoms with E-state index < -0.39 is 0 Å². The fraction of sp³-hybridized carbons (Fsp3) is 0.455. The first-order valence-corrected chi connectivity index (χ1v) is 10.0. The Morgan fingerprint density at radius 3 is 2.69 bits per heavy atom. The van der Waals surface area contributed by atoms with Gasteiger partial charge in [-0.25, -0.2) is 9.97 Å². The predicted octanol–water partition coefficient (Wildman–Crippen LogP) is 3.76. The van der Waals surface area contributed by atoms with Crippen LogP contribution in [0.3, 0.4) is 0 Å². The van der Waals surface area contributed by atoms with Crippen LogP contribution >= 0.6 is 0 Å². The van der Waals surface area contributed by atoms with Crippen LogP contribution in [0.25, 0.3) is 0 Å². The van der Waals surface area contributed by atoms with Crippen molar-refractivity contribution in [1.82, 2.24) is 14.9 Å². The van der Waals surface area contributed by atoms with Gasteiger partial charge in [0.15, 0.2) is 5.82 Å². The number of amides is 2. The van der Waals surface area contributed by atoms with Crippen molar-refractivity contribution < 1.29 is 14.3 Å². The number of anilines is 1. The maximum atomic E-state index is 12.7. The molecule has 0 spiro atoms. The third-order valence-electron chi connectivity index (χ3n) is 5.18. The van der Waals surface area contributed by atoms with Gasteiger partial charge in [0.25, 0.3) is 5.91 Å². The van der Waals surface area contributed by atoms with E-state index in [9.17, 15) is 9.59 Å². The first-order valence-electron chi connectivity index (χ1n) is 10.0. The van der Waals surface area contributed by atoms with Crippen molar-refractivity contribution in [2.45, 2.75) is 46.1 Å². The van der Waals surface area contributed by atoms with E-state index in [1.54, 1.807) is 32.4 Å². The average Bonchev–Trinajstić information content (AvgIpc) is 2.73. The number of rotatable bonds is 5. The molecule has 1 aliphatic rings. The van der Waals surface area contributed by atoms with Crippen molar-refractivity contribution in [3.8, 4) is 5.75 Å². The largest absolute Gasteiger partial charge is 0.495 e. The Kier molecular flexibility index (Phi) is 6.46. The summed E-state index contributed by atoms with van der Waals surface area (Å²) in [5.41, 5.74) is 1.58. The van der Waals surface area contributed by atoms with E-state index in [0.29, 0.717) is 28.5 Å². The van der Waals surface area contributed by atoms with Crippen LogP contribution in [0.1, 0.15) is 61.0 Å². The third kappa shape index (κ3) is 4.55. The molecule has 1 N–H and O–H groups in total. The number of ether oxygens (including phenoxy) is 1. The molecule has 29 heavy (non-hydrogen) atoms. The fourth-order valence-electron chi connectivity index (χ4n) is 3.60. The van der Waals surface area contributed by atoms with Gasteiger partial charge in [0, 0.05) is 18.7 Å². The van der Waals surface area contributed by atoms with Crippen molar-refractivity contribution in [3.63, 3.8) is 0 Å². The molecular formula is C22H28N4O3. The van der Waals surface area contributed by atoms with E-state index in [4.69, 9.17) is 4.74 Å². The van der Waals surface area contributed by atoms with Crippen LogP contribution < -0.4 is 10.1 Å². The van der Waals surface area contributed by atoms with Crippen molar-refractivity contribution in [1.29, 1.82) is 0 Å². The maximum Gasteiger partial charge on any atom is 0.259 e. The number of aryl methyl sites for hydroxylation is 1. The van der Waals surface area contributed by atoms with Gasteiger partial charge in [0.2, 0.25) is 5.91 Å². The molecule has 1 aromatic heterocycles. The summed E-state index contributed by atoms with van der Waals surface area (Å²) < 4.78 is 5.28. The molecule has 2 heterocycles. The Labute approximate surface area is 171 Å². The van der Waals surface area contributed by atoms with Gasteiger partial charge in [0.1, 0.15) is 5.75 Å². The van der Waals surface area contributed by atoms with E-state index in [-0.39, 0.29) is 23.8 Å². The molecule has 0 unspecified atom stereocenters. The number of carbonyl (C=O) groups excluding carboxylic acids is 2. The molecule has 2 amide bonds. The van der Waals surface area contributed by atoms with E-state index >= 15 is 0 Å². The molecule has 3 rings (SSSR count). The van der Waals surface area contributed by atoms with Crippen LogP contribution in [0.4, 0.5) is 5.69 Å². The van der Waals surface area contributed by atoms with Gasteiger partial charge < -0.3 is 15.0 Å². The second-order valence-corrected chi connectivity index (χ2v) is 7.58. The molecule has 0 saturated carbocycles.